The number of carbonyl (C=O) groups excluding carboxylic acids is 1. The highest BCUT2D eigenvalue weighted by Gasteiger charge is 2.22. The van der Waals surface area contributed by atoms with Gasteiger partial charge in [0.25, 0.3) is 0 Å². The van der Waals surface area contributed by atoms with Crippen LogP contribution in [0.4, 0.5) is 10.5 Å². The van der Waals surface area contributed by atoms with Crippen LogP contribution in [0.15, 0.2) is 61.1 Å². The zero-order chi connectivity index (χ0) is 18.4. The minimum absolute atomic E-state index is 0.0206. The van der Waals surface area contributed by atoms with Gasteiger partial charge in [0, 0.05) is 30.8 Å². The molecule has 0 spiro atoms. The summed E-state index contributed by atoms with van der Waals surface area (Å²) in [6.07, 6.45) is 6.08. The SMILES string of the molecule is CC[C@H](c1ccncc1)N(CC)C(=O)Nc1ccc(-c2ccn[nH]2)cc1. The van der Waals surface area contributed by atoms with Crippen LogP contribution in [0.5, 0.6) is 0 Å². The van der Waals surface area contributed by atoms with Gasteiger partial charge >= 0.3 is 6.03 Å². The molecule has 0 radical (unpaired) electrons. The smallest absolute Gasteiger partial charge is 0.318 e. The number of benzene rings is 1. The third-order valence-corrected chi connectivity index (χ3v) is 4.40. The van der Waals surface area contributed by atoms with E-state index in [1.165, 1.54) is 0 Å². The normalized spacial score (nSPS) is 11.8. The van der Waals surface area contributed by atoms with Gasteiger partial charge in [0.15, 0.2) is 0 Å². The second kappa shape index (κ2) is 8.29. The summed E-state index contributed by atoms with van der Waals surface area (Å²) >= 11 is 0. The average molecular weight is 349 g/mol. The van der Waals surface area contributed by atoms with E-state index in [0.29, 0.717) is 6.54 Å². The molecule has 0 aliphatic carbocycles. The Hall–Kier alpha value is -3.15. The number of H-pyrrole nitrogens is 1. The monoisotopic (exact) mass is 349 g/mol. The van der Waals surface area contributed by atoms with Crippen molar-refractivity contribution in [3.05, 3.63) is 66.6 Å². The highest BCUT2D eigenvalue weighted by Crippen LogP contribution is 2.25. The average Bonchev–Trinajstić information content (AvgIpc) is 3.22. The number of rotatable bonds is 6. The first-order valence-corrected chi connectivity index (χ1v) is 8.80. The van der Waals surface area contributed by atoms with Crippen molar-refractivity contribution in [1.29, 1.82) is 0 Å². The van der Waals surface area contributed by atoms with Gasteiger partial charge in [0.05, 0.1) is 11.7 Å². The zero-order valence-electron chi connectivity index (χ0n) is 15.0. The Labute approximate surface area is 153 Å². The van der Waals surface area contributed by atoms with Crippen molar-refractivity contribution < 1.29 is 4.79 Å². The summed E-state index contributed by atoms with van der Waals surface area (Å²) in [5, 5.41) is 9.88. The maximum Gasteiger partial charge on any atom is 0.322 e. The Morgan fingerprint density at radius 1 is 1.08 bits per heavy atom. The van der Waals surface area contributed by atoms with Crippen LogP contribution in [0.1, 0.15) is 31.9 Å². The van der Waals surface area contributed by atoms with Gasteiger partial charge in [-0.15, -0.1) is 0 Å². The Balaban J connectivity index is 1.72. The molecule has 0 saturated heterocycles. The van der Waals surface area contributed by atoms with Gasteiger partial charge in [0.2, 0.25) is 0 Å². The van der Waals surface area contributed by atoms with E-state index in [4.69, 9.17) is 0 Å². The lowest BCUT2D eigenvalue weighted by molar-refractivity contribution is 0.190. The summed E-state index contributed by atoms with van der Waals surface area (Å²) in [7, 11) is 0. The molecule has 6 nitrogen and oxygen atoms in total. The van der Waals surface area contributed by atoms with Crippen LogP contribution in [0.3, 0.4) is 0 Å². The number of aromatic nitrogens is 3. The molecule has 2 N–H and O–H groups in total. The Morgan fingerprint density at radius 3 is 2.38 bits per heavy atom. The summed E-state index contributed by atoms with van der Waals surface area (Å²) in [5.41, 5.74) is 3.83. The van der Waals surface area contributed by atoms with E-state index in [1.807, 2.05) is 54.3 Å². The Morgan fingerprint density at radius 2 is 1.81 bits per heavy atom. The van der Waals surface area contributed by atoms with Crippen molar-refractivity contribution in [3.8, 4) is 11.3 Å². The van der Waals surface area contributed by atoms with Gasteiger partial charge in [-0.25, -0.2) is 4.79 Å². The maximum absolute atomic E-state index is 12.8. The van der Waals surface area contributed by atoms with E-state index >= 15 is 0 Å². The fourth-order valence-electron chi connectivity index (χ4n) is 3.07. The van der Waals surface area contributed by atoms with E-state index in [-0.39, 0.29) is 12.1 Å². The molecule has 0 unspecified atom stereocenters. The number of amides is 2. The van der Waals surface area contributed by atoms with Gasteiger partial charge in [-0.1, -0.05) is 19.1 Å². The van der Waals surface area contributed by atoms with E-state index in [0.717, 1.165) is 28.9 Å². The Kier molecular flexibility index (Phi) is 5.63. The van der Waals surface area contributed by atoms with Crippen LogP contribution in [-0.4, -0.2) is 32.7 Å². The first-order chi connectivity index (χ1) is 12.7. The standard InChI is InChI=1S/C20H23N5O/c1-3-19(16-9-12-21-13-10-16)25(4-2)20(26)23-17-7-5-15(6-8-17)18-11-14-22-24-18/h5-14,19H,3-4H2,1-2H3,(H,22,24)(H,23,26)/t19-/m1/s1. The largest absolute Gasteiger partial charge is 0.322 e. The zero-order valence-corrected chi connectivity index (χ0v) is 15.0. The van der Waals surface area contributed by atoms with Crippen LogP contribution >= 0.6 is 0 Å². The lowest BCUT2D eigenvalue weighted by Crippen LogP contribution is -2.37. The number of carbonyl (C=O) groups is 1. The molecule has 2 heterocycles. The van der Waals surface area contributed by atoms with Crippen LogP contribution in [0.2, 0.25) is 0 Å². The number of urea groups is 1. The summed E-state index contributed by atoms with van der Waals surface area (Å²) in [6, 6.07) is 13.5. The van der Waals surface area contributed by atoms with E-state index < -0.39 is 0 Å². The fourth-order valence-corrected chi connectivity index (χ4v) is 3.07. The summed E-state index contributed by atoms with van der Waals surface area (Å²) < 4.78 is 0. The molecule has 0 aliphatic heterocycles. The van der Waals surface area contributed by atoms with Crippen molar-refractivity contribution >= 4 is 11.7 Å². The minimum atomic E-state index is -0.106. The van der Waals surface area contributed by atoms with Gasteiger partial charge in [-0.05, 0) is 54.8 Å². The van der Waals surface area contributed by atoms with E-state index in [1.54, 1.807) is 18.6 Å². The van der Waals surface area contributed by atoms with Crippen molar-refractivity contribution in [2.45, 2.75) is 26.3 Å². The van der Waals surface area contributed by atoms with Crippen LogP contribution in [0.25, 0.3) is 11.3 Å². The van der Waals surface area contributed by atoms with Gasteiger partial charge in [-0.2, -0.15) is 5.10 Å². The van der Waals surface area contributed by atoms with Gasteiger partial charge < -0.3 is 10.2 Å². The van der Waals surface area contributed by atoms with Gasteiger partial charge in [0.1, 0.15) is 0 Å². The Bertz CT molecular complexity index is 815. The molecule has 134 valence electrons. The molecule has 6 heteroatoms. The van der Waals surface area contributed by atoms with Crippen molar-refractivity contribution in [2.24, 2.45) is 0 Å². The highest BCUT2D eigenvalue weighted by molar-refractivity contribution is 5.90. The predicted octanol–water partition coefficient (Wildman–Crippen LogP) is 4.48. The predicted molar refractivity (Wildman–Crippen MR) is 103 cm³/mol. The third kappa shape index (κ3) is 3.91. The second-order valence-electron chi connectivity index (χ2n) is 5.97. The van der Waals surface area contributed by atoms with Crippen molar-refractivity contribution in [2.75, 3.05) is 11.9 Å². The number of nitrogens with zero attached hydrogens (tertiary/aromatic N) is 3. The molecule has 0 fully saturated rings. The summed E-state index contributed by atoms with van der Waals surface area (Å²) in [4.78, 5) is 18.7. The molecule has 0 aliphatic rings. The number of nitrogens with one attached hydrogen (secondary N) is 2. The maximum atomic E-state index is 12.8. The number of hydrogen-bond donors (Lipinski definition) is 2. The molecule has 3 rings (SSSR count). The minimum Gasteiger partial charge on any atom is -0.318 e. The molecule has 3 aromatic rings. The van der Waals surface area contributed by atoms with E-state index in [9.17, 15) is 4.79 Å². The summed E-state index contributed by atoms with van der Waals surface area (Å²) in [5.74, 6) is 0. The van der Waals surface area contributed by atoms with Crippen LogP contribution in [-0.2, 0) is 0 Å². The van der Waals surface area contributed by atoms with Crippen molar-refractivity contribution in [1.82, 2.24) is 20.1 Å². The molecular weight excluding hydrogens is 326 g/mol. The van der Waals surface area contributed by atoms with Crippen LogP contribution in [0, 0.1) is 0 Å². The quantitative estimate of drug-likeness (QED) is 0.689. The lowest BCUT2D eigenvalue weighted by Gasteiger charge is -2.30. The van der Waals surface area contributed by atoms with Gasteiger partial charge in [-0.3, -0.25) is 10.1 Å². The number of hydrogen-bond acceptors (Lipinski definition) is 3. The first kappa shape index (κ1) is 17.7. The van der Waals surface area contributed by atoms with Crippen LogP contribution < -0.4 is 5.32 Å². The summed E-state index contributed by atoms with van der Waals surface area (Å²) in [6.45, 7) is 4.70. The molecule has 1 atom stereocenters. The third-order valence-electron chi connectivity index (χ3n) is 4.40. The number of pyridine rings is 1. The molecule has 2 aromatic heterocycles. The first-order valence-electron chi connectivity index (χ1n) is 8.80. The topological polar surface area (TPSA) is 73.9 Å². The molecule has 0 saturated carbocycles. The highest BCUT2D eigenvalue weighted by atomic mass is 16.2. The molecule has 1 aromatic carbocycles. The molecule has 26 heavy (non-hydrogen) atoms. The molecule has 0 bridgehead atoms. The number of anilines is 1. The lowest BCUT2D eigenvalue weighted by atomic mass is 10.0. The van der Waals surface area contributed by atoms with E-state index in [2.05, 4.69) is 27.4 Å². The second-order valence-corrected chi connectivity index (χ2v) is 5.97. The number of aromatic amines is 1. The fraction of sp³-hybridized carbons (Fsp3) is 0.250. The molecule has 2 amide bonds. The van der Waals surface area contributed by atoms with Crippen molar-refractivity contribution in [3.63, 3.8) is 0 Å². The molecular formula is C20H23N5O.